The van der Waals surface area contributed by atoms with Gasteiger partial charge in [0.2, 0.25) is 0 Å². The number of carbonyl (C=O) groups excluding carboxylic acids is 1. The van der Waals surface area contributed by atoms with Crippen LogP contribution >= 0.6 is 0 Å². The van der Waals surface area contributed by atoms with E-state index in [0.29, 0.717) is 12.1 Å². The second-order valence-corrected chi connectivity index (χ2v) is 4.39. The molecule has 0 aliphatic rings. The van der Waals surface area contributed by atoms with Gasteiger partial charge in [-0.2, -0.15) is 0 Å². The smallest absolute Gasteiger partial charge is 0.150 e. The number of nitrogens with zero attached hydrogens (tertiary/aromatic N) is 2. The van der Waals surface area contributed by atoms with E-state index in [0.717, 1.165) is 22.8 Å². The normalized spacial score (nSPS) is 10.8. The van der Waals surface area contributed by atoms with Gasteiger partial charge >= 0.3 is 0 Å². The maximum absolute atomic E-state index is 13.1. The average molecular weight is 254 g/mol. The van der Waals surface area contributed by atoms with Crippen molar-refractivity contribution in [3.05, 3.63) is 65.9 Å². The Bertz CT molecular complexity index is 749. The van der Waals surface area contributed by atoms with E-state index in [1.807, 2.05) is 29.0 Å². The SMILES string of the molecule is O=Cc1ccc2c(ccn2Cc2cncc(F)c2)c1. The molecule has 19 heavy (non-hydrogen) atoms. The minimum atomic E-state index is -0.336. The van der Waals surface area contributed by atoms with Crippen molar-refractivity contribution in [1.29, 1.82) is 0 Å². The van der Waals surface area contributed by atoms with Crippen LogP contribution < -0.4 is 0 Å². The van der Waals surface area contributed by atoms with E-state index < -0.39 is 0 Å². The molecule has 3 rings (SSSR count). The first-order valence-electron chi connectivity index (χ1n) is 5.90. The zero-order valence-corrected chi connectivity index (χ0v) is 10.1. The van der Waals surface area contributed by atoms with Crippen LogP contribution in [0.1, 0.15) is 15.9 Å². The van der Waals surface area contributed by atoms with Gasteiger partial charge in [0.05, 0.1) is 6.20 Å². The molecule has 0 aliphatic heterocycles. The Labute approximate surface area is 109 Å². The van der Waals surface area contributed by atoms with Crippen molar-refractivity contribution < 1.29 is 9.18 Å². The summed E-state index contributed by atoms with van der Waals surface area (Å²) in [5.41, 5.74) is 2.46. The first-order chi connectivity index (χ1) is 9.26. The summed E-state index contributed by atoms with van der Waals surface area (Å²) in [5.74, 6) is -0.336. The molecule has 0 bridgehead atoms. The summed E-state index contributed by atoms with van der Waals surface area (Å²) < 4.78 is 15.1. The molecule has 0 fully saturated rings. The van der Waals surface area contributed by atoms with Gasteiger partial charge in [-0.05, 0) is 35.9 Å². The Kier molecular flexibility index (Phi) is 2.83. The van der Waals surface area contributed by atoms with E-state index in [9.17, 15) is 9.18 Å². The summed E-state index contributed by atoms with van der Waals surface area (Å²) in [7, 11) is 0. The van der Waals surface area contributed by atoms with E-state index in [1.165, 1.54) is 12.3 Å². The molecule has 4 heteroatoms. The number of halogens is 1. The fourth-order valence-corrected chi connectivity index (χ4v) is 2.17. The number of aldehydes is 1. The first kappa shape index (κ1) is 11.6. The van der Waals surface area contributed by atoms with Crippen LogP contribution in [0.4, 0.5) is 4.39 Å². The minimum Gasteiger partial charge on any atom is -0.343 e. The van der Waals surface area contributed by atoms with Crippen molar-refractivity contribution in [2.45, 2.75) is 6.54 Å². The Morgan fingerprint density at radius 2 is 2.11 bits per heavy atom. The fourth-order valence-electron chi connectivity index (χ4n) is 2.17. The summed E-state index contributed by atoms with van der Waals surface area (Å²) in [6.45, 7) is 0.550. The highest BCUT2D eigenvalue weighted by atomic mass is 19.1. The van der Waals surface area contributed by atoms with Crippen LogP contribution in [0.2, 0.25) is 0 Å². The Morgan fingerprint density at radius 3 is 2.89 bits per heavy atom. The number of hydrogen-bond acceptors (Lipinski definition) is 2. The Hall–Kier alpha value is -2.49. The molecule has 2 aromatic heterocycles. The maximum atomic E-state index is 13.1. The molecule has 0 N–H and O–H groups in total. The summed E-state index contributed by atoms with van der Waals surface area (Å²) in [4.78, 5) is 14.6. The quantitative estimate of drug-likeness (QED) is 0.673. The van der Waals surface area contributed by atoms with Crippen LogP contribution in [0, 0.1) is 5.82 Å². The molecule has 0 radical (unpaired) electrons. The third-order valence-electron chi connectivity index (χ3n) is 3.05. The van der Waals surface area contributed by atoms with Gasteiger partial charge in [-0.1, -0.05) is 0 Å². The van der Waals surface area contributed by atoms with E-state index in [4.69, 9.17) is 0 Å². The maximum Gasteiger partial charge on any atom is 0.150 e. The van der Waals surface area contributed by atoms with E-state index in [1.54, 1.807) is 12.3 Å². The van der Waals surface area contributed by atoms with Gasteiger partial charge in [-0.3, -0.25) is 9.78 Å². The van der Waals surface area contributed by atoms with Crippen LogP contribution in [-0.4, -0.2) is 15.8 Å². The highest BCUT2D eigenvalue weighted by Crippen LogP contribution is 2.18. The van der Waals surface area contributed by atoms with Crippen molar-refractivity contribution >= 4 is 17.2 Å². The molecule has 0 saturated heterocycles. The van der Waals surface area contributed by atoms with Crippen LogP contribution in [0.5, 0.6) is 0 Å². The second kappa shape index (κ2) is 4.65. The van der Waals surface area contributed by atoms with E-state index in [2.05, 4.69) is 4.98 Å². The lowest BCUT2D eigenvalue weighted by Crippen LogP contribution is -1.99. The third kappa shape index (κ3) is 2.25. The molecule has 0 atom stereocenters. The molecule has 0 amide bonds. The molecule has 2 heterocycles. The summed E-state index contributed by atoms with van der Waals surface area (Å²) >= 11 is 0. The summed E-state index contributed by atoms with van der Waals surface area (Å²) in [5, 5.41) is 0.994. The average Bonchev–Trinajstić information content (AvgIpc) is 2.81. The second-order valence-electron chi connectivity index (χ2n) is 4.39. The van der Waals surface area contributed by atoms with Crippen LogP contribution in [0.15, 0.2) is 48.9 Å². The monoisotopic (exact) mass is 254 g/mol. The molecular weight excluding hydrogens is 243 g/mol. The van der Waals surface area contributed by atoms with Crippen LogP contribution in [-0.2, 0) is 6.54 Å². The Balaban J connectivity index is 1.99. The lowest BCUT2D eigenvalue weighted by Gasteiger charge is -2.05. The van der Waals surface area contributed by atoms with Crippen molar-refractivity contribution in [1.82, 2.24) is 9.55 Å². The number of carbonyl (C=O) groups is 1. The molecule has 3 nitrogen and oxygen atoms in total. The first-order valence-corrected chi connectivity index (χ1v) is 5.90. The molecule has 0 spiro atoms. The highest BCUT2D eigenvalue weighted by molar-refractivity contribution is 5.87. The van der Waals surface area contributed by atoms with Gasteiger partial charge in [0.25, 0.3) is 0 Å². The van der Waals surface area contributed by atoms with Gasteiger partial charge in [0.15, 0.2) is 0 Å². The van der Waals surface area contributed by atoms with Gasteiger partial charge in [-0.15, -0.1) is 0 Å². The van der Waals surface area contributed by atoms with Crippen molar-refractivity contribution in [3.63, 3.8) is 0 Å². The predicted octanol–water partition coefficient (Wildman–Crippen LogP) is 3.04. The zero-order valence-electron chi connectivity index (χ0n) is 10.1. The molecular formula is C15H11FN2O. The van der Waals surface area contributed by atoms with Crippen molar-refractivity contribution in [2.24, 2.45) is 0 Å². The predicted molar refractivity (Wildman–Crippen MR) is 70.6 cm³/mol. The highest BCUT2D eigenvalue weighted by Gasteiger charge is 2.04. The zero-order chi connectivity index (χ0) is 13.2. The minimum absolute atomic E-state index is 0.336. The number of pyridine rings is 1. The number of rotatable bonds is 3. The van der Waals surface area contributed by atoms with Crippen molar-refractivity contribution in [2.75, 3.05) is 0 Å². The van der Waals surface area contributed by atoms with Crippen molar-refractivity contribution in [3.8, 4) is 0 Å². The van der Waals surface area contributed by atoms with Gasteiger partial charge in [0.1, 0.15) is 12.1 Å². The topological polar surface area (TPSA) is 34.9 Å². The number of benzene rings is 1. The molecule has 0 unspecified atom stereocenters. The van der Waals surface area contributed by atoms with Gasteiger partial charge in [-0.25, -0.2) is 4.39 Å². The number of aromatic nitrogens is 2. The van der Waals surface area contributed by atoms with E-state index >= 15 is 0 Å². The number of hydrogen-bond donors (Lipinski definition) is 0. The molecule has 94 valence electrons. The fraction of sp³-hybridized carbons (Fsp3) is 0.0667. The lowest BCUT2D eigenvalue weighted by atomic mass is 10.2. The summed E-state index contributed by atoms with van der Waals surface area (Å²) in [6.07, 6.45) is 5.58. The third-order valence-corrected chi connectivity index (χ3v) is 3.05. The van der Waals surface area contributed by atoms with Gasteiger partial charge in [0, 0.05) is 35.4 Å². The standard InChI is InChI=1S/C15H11FN2O/c16-14-6-12(7-17-8-14)9-18-4-3-13-5-11(10-19)1-2-15(13)18/h1-8,10H,9H2. The van der Waals surface area contributed by atoms with Crippen LogP contribution in [0.25, 0.3) is 10.9 Å². The summed E-state index contributed by atoms with van der Waals surface area (Å²) in [6, 6.07) is 8.91. The van der Waals surface area contributed by atoms with Gasteiger partial charge < -0.3 is 4.57 Å². The molecule has 0 aliphatic carbocycles. The van der Waals surface area contributed by atoms with Crippen LogP contribution in [0.3, 0.4) is 0 Å². The number of fused-ring (bicyclic) bond motifs is 1. The Morgan fingerprint density at radius 1 is 1.21 bits per heavy atom. The largest absolute Gasteiger partial charge is 0.343 e. The molecule has 0 saturated carbocycles. The van der Waals surface area contributed by atoms with E-state index in [-0.39, 0.29) is 5.82 Å². The molecule has 1 aromatic carbocycles. The molecule has 3 aromatic rings. The lowest BCUT2D eigenvalue weighted by molar-refractivity contribution is 0.112.